The van der Waals surface area contributed by atoms with Gasteiger partial charge in [0.2, 0.25) is 10.0 Å². The van der Waals surface area contributed by atoms with Gasteiger partial charge in [-0.25, -0.2) is 8.42 Å². The van der Waals surface area contributed by atoms with Crippen LogP contribution in [0, 0.1) is 0 Å². The van der Waals surface area contributed by atoms with Crippen LogP contribution in [-0.4, -0.2) is 55.5 Å². The van der Waals surface area contributed by atoms with E-state index in [-0.39, 0.29) is 12.4 Å². The molecule has 1 heterocycles. The summed E-state index contributed by atoms with van der Waals surface area (Å²) in [7, 11) is -3.18. The van der Waals surface area contributed by atoms with Crippen LogP contribution in [0.5, 0.6) is 0 Å². The van der Waals surface area contributed by atoms with E-state index in [2.05, 4.69) is 0 Å². The van der Waals surface area contributed by atoms with Gasteiger partial charge in [-0.05, 0) is 26.7 Å². The van der Waals surface area contributed by atoms with Gasteiger partial charge in [-0.2, -0.15) is 4.31 Å². The van der Waals surface area contributed by atoms with Gasteiger partial charge in [0, 0.05) is 19.7 Å². The molecule has 0 aromatic heterocycles. The van der Waals surface area contributed by atoms with E-state index >= 15 is 0 Å². The minimum atomic E-state index is -3.18. The second kappa shape index (κ2) is 5.44. The molecule has 0 unspecified atom stereocenters. The van der Waals surface area contributed by atoms with Crippen molar-refractivity contribution in [3.8, 4) is 0 Å². The number of unbranched alkanes of at least 4 members (excludes halogenated alkanes) is 1. The molecular formula is C10H21NO4S. The number of aliphatic hydroxyl groups excluding tert-OH is 1. The Balaban J connectivity index is 2.54. The Labute approximate surface area is 97.4 Å². The van der Waals surface area contributed by atoms with Gasteiger partial charge in [-0.3, -0.25) is 0 Å². The molecule has 0 amide bonds. The van der Waals surface area contributed by atoms with Crippen LogP contribution in [0.3, 0.4) is 0 Å². The lowest BCUT2D eigenvalue weighted by Gasteiger charge is -2.37. The van der Waals surface area contributed by atoms with Crippen molar-refractivity contribution in [1.82, 2.24) is 4.31 Å². The average Bonchev–Trinajstić information content (AvgIpc) is 2.16. The minimum absolute atomic E-state index is 0.0458. The zero-order valence-corrected chi connectivity index (χ0v) is 10.8. The standard InChI is InChI=1S/C10H21NO4S/c1-10(2)9-11(5-7-15-10)16(13,14)8-4-3-6-12/h12H,3-9H2,1-2H3. The lowest BCUT2D eigenvalue weighted by molar-refractivity contribution is -0.0640. The van der Waals surface area contributed by atoms with E-state index in [0.717, 1.165) is 0 Å². The fourth-order valence-corrected chi connectivity index (χ4v) is 3.42. The van der Waals surface area contributed by atoms with Gasteiger partial charge < -0.3 is 9.84 Å². The monoisotopic (exact) mass is 251 g/mol. The number of hydrogen-bond donors (Lipinski definition) is 1. The van der Waals surface area contributed by atoms with Crippen molar-refractivity contribution in [2.75, 3.05) is 32.1 Å². The Bertz CT molecular complexity index is 313. The quantitative estimate of drug-likeness (QED) is 0.709. The Morgan fingerprint density at radius 2 is 2.06 bits per heavy atom. The SMILES string of the molecule is CC1(C)CN(S(=O)(=O)CCCCO)CCO1. The highest BCUT2D eigenvalue weighted by molar-refractivity contribution is 7.89. The molecule has 1 aliphatic rings. The third-order valence-electron chi connectivity index (χ3n) is 2.59. The van der Waals surface area contributed by atoms with E-state index in [0.29, 0.717) is 32.5 Å². The summed E-state index contributed by atoms with van der Waals surface area (Å²) in [6.45, 7) is 5.13. The van der Waals surface area contributed by atoms with Crippen LogP contribution in [-0.2, 0) is 14.8 Å². The van der Waals surface area contributed by atoms with Crippen LogP contribution in [0.1, 0.15) is 26.7 Å². The van der Waals surface area contributed by atoms with Crippen LogP contribution in [0.4, 0.5) is 0 Å². The molecule has 6 heteroatoms. The first kappa shape index (κ1) is 13.9. The summed E-state index contributed by atoms with van der Waals surface area (Å²) in [5, 5.41) is 8.63. The van der Waals surface area contributed by atoms with E-state index < -0.39 is 15.6 Å². The predicted molar refractivity (Wildman–Crippen MR) is 61.7 cm³/mol. The van der Waals surface area contributed by atoms with E-state index in [1.807, 2.05) is 13.8 Å². The lowest BCUT2D eigenvalue weighted by atomic mass is 10.1. The van der Waals surface area contributed by atoms with Crippen LogP contribution < -0.4 is 0 Å². The molecule has 1 N–H and O–H groups in total. The van der Waals surface area contributed by atoms with Gasteiger partial charge >= 0.3 is 0 Å². The zero-order chi connectivity index (χ0) is 12.2. The highest BCUT2D eigenvalue weighted by atomic mass is 32.2. The summed E-state index contributed by atoms with van der Waals surface area (Å²) in [6.07, 6.45) is 1.05. The Hall–Kier alpha value is -0.170. The fraction of sp³-hybridized carbons (Fsp3) is 1.00. The van der Waals surface area contributed by atoms with E-state index in [9.17, 15) is 8.42 Å². The molecule has 0 aliphatic carbocycles. The Morgan fingerprint density at radius 1 is 1.38 bits per heavy atom. The number of sulfonamides is 1. The van der Waals surface area contributed by atoms with Crippen LogP contribution in [0.2, 0.25) is 0 Å². The molecule has 0 spiro atoms. The van der Waals surface area contributed by atoms with Crippen molar-refractivity contribution < 1.29 is 18.3 Å². The van der Waals surface area contributed by atoms with E-state index in [1.165, 1.54) is 4.31 Å². The molecule has 1 aliphatic heterocycles. The number of rotatable bonds is 5. The van der Waals surface area contributed by atoms with Crippen LogP contribution in [0.25, 0.3) is 0 Å². The topological polar surface area (TPSA) is 66.8 Å². The summed E-state index contributed by atoms with van der Waals surface area (Å²) < 4.78 is 30.8. The molecule has 0 radical (unpaired) electrons. The largest absolute Gasteiger partial charge is 0.396 e. The molecule has 0 bridgehead atoms. The van der Waals surface area contributed by atoms with Crippen molar-refractivity contribution in [3.63, 3.8) is 0 Å². The Kier molecular flexibility index (Phi) is 4.73. The maximum atomic E-state index is 11.9. The van der Waals surface area contributed by atoms with Crippen LogP contribution in [0.15, 0.2) is 0 Å². The van der Waals surface area contributed by atoms with Gasteiger partial charge in [-0.1, -0.05) is 0 Å². The molecule has 0 saturated carbocycles. The van der Waals surface area contributed by atoms with Gasteiger partial charge in [0.05, 0.1) is 18.0 Å². The number of nitrogens with zero attached hydrogens (tertiary/aromatic N) is 1. The van der Waals surface area contributed by atoms with Gasteiger partial charge in [0.25, 0.3) is 0 Å². The molecule has 0 aromatic rings. The van der Waals surface area contributed by atoms with Gasteiger partial charge in [0.1, 0.15) is 0 Å². The van der Waals surface area contributed by atoms with Crippen molar-refractivity contribution in [2.24, 2.45) is 0 Å². The summed E-state index contributed by atoms with van der Waals surface area (Å²) in [4.78, 5) is 0. The molecule has 5 nitrogen and oxygen atoms in total. The number of morpholine rings is 1. The van der Waals surface area contributed by atoms with Crippen molar-refractivity contribution in [1.29, 1.82) is 0 Å². The average molecular weight is 251 g/mol. The summed E-state index contributed by atoms with van der Waals surface area (Å²) >= 11 is 0. The third-order valence-corrected chi connectivity index (χ3v) is 4.50. The van der Waals surface area contributed by atoms with Crippen LogP contribution >= 0.6 is 0 Å². The smallest absolute Gasteiger partial charge is 0.214 e. The van der Waals surface area contributed by atoms with E-state index in [1.54, 1.807) is 0 Å². The number of aliphatic hydroxyl groups is 1. The molecule has 96 valence electrons. The second-order valence-electron chi connectivity index (χ2n) is 4.69. The third kappa shape index (κ3) is 4.01. The highest BCUT2D eigenvalue weighted by Crippen LogP contribution is 2.19. The zero-order valence-electron chi connectivity index (χ0n) is 9.98. The lowest BCUT2D eigenvalue weighted by Crippen LogP contribution is -2.51. The van der Waals surface area contributed by atoms with Crippen molar-refractivity contribution in [2.45, 2.75) is 32.3 Å². The predicted octanol–water partition coefficient (Wildman–Crippen LogP) is 0.200. The molecule has 0 aromatic carbocycles. The highest BCUT2D eigenvalue weighted by Gasteiger charge is 2.33. The number of ether oxygens (including phenoxy) is 1. The maximum absolute atomic E-state index is 11.9. The van der Waals surface area contributed by atoms with Gasteiger partial charge in [-0.15, -0.1) is 0 Å². The number of hydrogen-bond acceptors (Lipinski definition) is 4. The first-order valence-corrected chi connectivity index (χ1v) is 7.21. The van der Waals surface area contributed by atoms with E-state index in [4.69, 9.17) is 9.84 Å². The minimum Gasteiger partial charge on any atom is -0.396 e. The molecule has 0 atom stereocenters. The Morgan fingerprint density at radius 3 is 2.62 bits per heavy atom. The molecule has 1 fully saturated rings. The molecule has 16 heavy (non-hydrogen) atoms. The molecule has 1 saturated heterocycles. The summed E-state index contributed by atoms with van der Waals surface area (Å²) in [5.41, 5.74) is -0.400. The first-order chi connectivity index (χ1) is 7.37. The van der Waals surface area contributed by atoms with Crippen molar-refractivity contribution in [3.05, 3.63) is 0 Å². The van der Waals surface area contributed by atoms with Crippen molar-refractivity contribution >= 4 is 10.0 Å². The normalized spacial score (nSPS) is 22.2. The summed E-state index contributed by atoms with van der Waals surface area (Å²) in [5.74, 6) is 0.115. The maximum Gasteiger partial charge on any atom is 0.214 e. The second-order valence-corrected chi connectivity index (χ2v) is 6.78. The molecular weight excluding hydrogens is 230 g/mol. The summed E-state index contributed by atoms with van der Waals surface area (Å²) in [6, 6.07) is 0. The van der Waals surface area contributed by atoms with Gasteiger partial charge in [0.15, 0.2) is 0 Å². The molecule has 1 rings (SSSR count). The first-order valence-electron chi connectivity index (χ1n) is 5.60. The fourth-order valence-electron chi connectivity index (χ4n) is 1.74.